The third-order valence-corrected chi connectivity index (χ3v) is 8.03. The van der Waals surface area contributed by atoms with E-state index in [9.17, 15) is 0 Å². The van der Waals surface area contributed by atoms with Crippen LogP contribution in [0.15, 0.2) is 36.4 Å². The Labute approximate surface area is 206 Å². The summed E-state index contributed by atoms with van der Waals surface area (Å²) in [5, 5.41) is 4.45. The first-order valence-corrected chi connectivity index (χ1v) is 13.4. The second-order valence-electron chi connectivity index (χ2n) is 10.2. The van der Waals surface area contributed by atoms with Gasteiger partial charge in [0.15, 0.2) is 5.11 Å². The Hall–Kier alpha value is -2.07. The van der Waals surface area contributed by atoms with Crippen molar-refractivity contribution in [3.63, 3.8) is 0 Å². The molecule has 178 valence electrons. The summed E-state index contributed by atoms with van der Waals surface area (Å²) in [7, 11) is 0. The van der Waals surface area contributed by atoms with Crippen LogP contribution in [0.3, 0.4) is 0 Å². The van der Waals surface area contributed by atoms with Crippen LogP contribution >= 0.6 is 12.2 Å². The van der Waals surface area contributed by atoms with Gasteiger partial charge >= 0.3 is 0 Å². The summed E-state index contributed by atoms with van der Waals surface area (Å²) in [6.45, 7) is 12.2. The van der Waals surface area contributed by atoms with E-state index in [1.54, 1.807) is 0 Å². The smallest absolute Gasteiger partial charge is 0.173 e. The Morgan fingerprint density at radius 2 is 1.88 bits per heavy atom. The van der Waals surface area contributed by atoms with Gasteiger partial charge in [-0.15, -0.1) is 0 Å². The highest BCUT2D eigenvalue weighted by Crippen LogP contribution is 2.32. The fourth-order valence-corrected chi connectivity index (χ4v) is 5.96. The molecule has 3 nitrogen and oxygen atoms in total. The first kappa shape index (κ1) is 24.1. The minimum absolute atomic E-state index is 0.498. The van der Waals surface area contributed by atoms with Gasteiger partial charge in [-0.3, -0.25) is 0 Å². The number of nitrogens with zero attached hydrogens (tertiary/aromatic N) is 2. The van der Waals surface area contributed by atoms with Crippen LogP contribution in [0.25, 0.3) is 0 Å². The molecule has 2 aromatic rings. The number of anilines is 2. The van der Waals surface area contributed by atoms with Crippen molar-refractivity contribution in [2.45, 2.75) is 85.2 Å². The van der Waals surface area contributed by atoms with E-state index in [1.165, 1.54) is 79.4 Å². The molecule has 33 heavy (non-hydrogen) atoms. The summed E-state index contributed by atoms with van der Waals surface area (Å²) in [5.41, 5.74) is 8.05. The summed E-state index contributed by atoms with van der Waals surface area (Å²) >= 11 is 6.05. The Bertz CT molecular complexity index is 969. The fraction of sp³-hybridized carbons (Fsp3) is 0.552. The Kier molecular flexibility index (Phi) is 7.95. The van der Waals surface area contributed by atoms with Crippen LogP contribution in [0.1, 0.15) is 74.6 Å². The molecule has 0 unspecified atom stereocenters. The molecule has 0 spiro atoms. The van der Waals surface area contributed by atoms with Crippen molar-refractivity contribution < 1.29 is 0 Å². The molecule has 0 saturated heterocycles. The summed E-state index contributed by atoms with van der Waals surface area (Å²) in [4.78, 5) is 5.05. The molecule has 1 fully saturated rings. The number of rotatable bonds is 6. The number of aryl methyl sites for hydroxylation is 3. The molecule has 0 aromatic heterocycles. The van der Waals surface area contributed by atoms with Gasteiger partial charge in [0.1, 0.15) is 0 Å². The Morgan fingerprint density at radius 3 is 2.64 bits per heavy atom. The molecule has 4 rings (SSSR count). The van der Waals surface area contributed by atoms with Gasteiger partial charge in [-0.1, -0.05) is 44.9 Å². The van der Waals surface area contributed by atoms with E-state index < -0.39 is 0 Å². The third kappa shape index (κ3) is 5.71. The number of nitrogens with one attached hydrogen (secondary N) is 1. The van der Waals surface area contributed by atoms with Gasteiger partial charge < -0.3 is 15.1 Å². The molecule has 1 N–H and O–H groups in total. The van der Waals surface area contributed by atoms with Gasteiger partial charge in [-0.2, -0.15) is 0 Å². The average molecular weight is 464 g/mol. The standard InChI is InChI=1S/C29H41N3S/c1-5-16-31-17-8-10-25-19-24(13-15-28(25)31)20-32(27-11-7-6-9-22(27)3)29(33)30-26-14-12-21(2)23(4)18-26/h12-15,18-19,22,27H,5-11,16-17,20H2,1-4H3,(H,30,33)/t22-,27-/m0/s1. The fourth-order valence-electron chi connectivity index (χ4n) is 5.64. The summed E-state index contributed by atoms with van der Waals surface area (Å²) in [5.74, 6) is 0.663. The van der Waals surface area contributed by atoms with Crippen molar-refractivity contribution in [2.75, 3.05) is 23.3 Å². The molecule has 1 aliphatic heterocycles. The minimum Gasteiger partial charge on any atom is -0.371 e. The van der Waals surface area contributed by atoms with Gasteiger partial charge in [-0.25, -0.2) is 0 Å². The quantitative estimate of drug-likeness (QED) is 0.455. The van der Waals surface area contributed by atoms with Crippen LogP contribution in [-0.2, 0) is 13.0 Å². The molecular weight excluding hydrogens is 422 g/mol. The van der Waals surface area contributed by atoms with Crippen LogP contribution in [-0.4, -0.2) is 29.1 Å². The van der Waals surface area contributed by atoms with E-state index in [2.05, 4.69) is 79.2 Å². The second-order valence-corrected chi connectivity index (χ2v) is 10.6. The average Bonchev–Trinajstić information content (AvgIpc) is 2.81. The predicted molar refractivity (Wildman–Crippen MR) is 146 cm³/mol. The topological polar surface area (TPSA) is 18.5 Å². The maximum absolute atomic E-state index is 6.05. The van der Waals surface area contributed by atoms with Crippen LogP contribution in [0.4, 0.5) is 11.4 Å². The zero-order valence-electron chi connectivity index (χ0n) is 21.0. The molecule has 1 saturated carbocycles. The molecule has 2 aromatic carbocycles. The van der Waals surface area contributed by atoms with Crippen LogP contribution in [0.2, 0.25) is 0 Å². The minimum atomic E-state index is 0.498. The Morgan fingerprint density at radius 1 is 1.06 bits per heavy atom. The number of hydrogen-bond donors (Lipinski definition) is 1. The van der Waals surface area contributed by atoms with Crippen molar-refractivity contribution in [1.82, 2.24) is 4.90 Å². The maximum Gasteiger partial charge on any atom is 0.173 e. The highest BCUT2D eigenvalue weighted by Gasteiger charge is 2.29. The number of hydrogen-bond acceptors (Lipinski definition) is 2. The summed E-state index contributed by atoms with van der Waals surface area (Å²) in [6.07, 6.45) is 8.81. The van der Waals surface area contributed by atoms with Crippen LogP contribution in [0.5, 0.6) is 0 Å². The lowest BCUT2D eigenvalue weighted by Crippen LogP contribution is -2.46. The van der Waals surface area contributed by atoms with Crippen molar-refractivity contribution in [1.29, 1.82) is 0 Å². The first-order chi connectivity index (χ1) is 16.0. The van der Waals surface area contributed by atoms with Crippen LogP contribution in [0, 0.1) is 19.8 Å². The molecule has 2 aliphatic rings. The van der Waals surface area contributed by atoms with Gasteiger partial charge in [0.2, 0.25) is 0 Å². The highest BCUT2D eigenvalue weighted by atomic mass is 32.1. The zero-order valence-corrected chi connectivity index (χ0v) is 21.8. The monoisotopic (exact) mass is 463 g/mol. The van der Waals surface area contributed by atoms with E-state index in [0.717, 1.165) is 23.9 Å². The summed E-state index contributed by atoms with van der Waals surface area (Å²) in [6, 6.07) is 14.2. The van der Waals surface area contributed by atoms with Gasteiger partial charge in [-0.05, 0) is 105 Å². The van der Waals surface area contributed by atoms with E-state index >= 15 is 0 Å². The van der Waals surface area contributed by atoms with Gasteiger partial charge in [0.25, 0.3) is 0 Å². The van der Waals surface area contributed by atoms with E-state index in [0.29, 0.717) is 12.0 Å². The predicted octanol–water partition coefficient (Wildman–Crippen LogP) is 7.24. The molecule has 0 amide bonds. The van der Waals surface area contributed by atoms with E-state index in [4.69, 9.17) is 12.2 Å². The number of fused-ring (bicyclic) bond motifs is 1. The lowest BCUT2D eigenvalue weighted by molar-refractivity contribution is 0.177. The normalized spacial score (nSPS) is 20.3. The molecule has 4 heteroatoms. The first-order valence-electron chi connectivity index (χ1n) is 13.0. The van der Waals surface area contributed by atoms with Crippen LogP contribution < -0.4 is 10.2 Å². The van der Waals surface area contributed by atoms with Crippen molar-refractivity contribution >= 4 is 28.7 Å². The van der Waals surface area contributed by atoms with Crippen molar-refractivity contribution in [2.24, 2.45) is 5.92 Å². The molecule has 0 radical (unpaired) electrons. The number of thiocarbonyl (C=S) groups is 1. The SMILES string of the molecule is CCCN1CCCc2cc(CN(C(=S)Nc3ccc(C)c(C)c3)[C@H]3CCCC[C@@H]3C)ccc21. The zero-order chi connectivity index (χ0) is 23.4. The molecular formula is C29H41N3S. The molecule has 2 atom stereocenters. The lowest BCUT2D eigenvalue weighted by atomic mass is 9.84. The molecule has 1 heterocycles. The Balaban J connectivity index is 1.57. The van der Waals surface area contributed by atoms with E-state index in [-0.39, 0.29) is 0 Å². The van der Waals surface area contributed by atoms with Crippen molar-refractivity contribution in [3.05, 3.63) is 58.7 Å². The van der Waals surface area contributed by atoms with E-state index in [1.807, 2.05) is 0 Å². The lowest BCUT2D eigenvalue weighted by Gasteiger charge is -2.40. The second kappa shape index (κ2) is 10.9. The molecule has 0 bridgehead atoms. The third-order valence-electron chi connectivity index (χ3n) is 7.69. The summed E-state index contributed by atoms with van der Waals surface area (Å²) < 4.78 is 0. The highest BCUT2D eigenvalue weighted by molar-refractivity contribution is 7.80. The van der Waals surface area contributed by atoms with Gasteiger partial charge in [0.05, 0.1) is 0 Å². The largest absolute Gasteiger partial charge is 0.371 e. The molecule has 1 aliphatic carbocycles. The number of benzene rings is 2. The van der Waals surface area contributed by atoms with Gasteiger partial charge in [0, 0.05) is 37.1 Å². The maximum atomic E-state index is 6.05. The van der Waals surface area contributed by atoms with Crippen molar-refractivity contribution in [3.8, 4) is 0 Å².